The van der Waals surface area contributed by atoms with Crippen molar-refractivity contribution < 1.29 is 14.3 Å². The van der Waals surface area contributed by atoms with Crippen molar-refractivity contribution in [2.45, 2.75) is 20.3 Å². The van der Waals surface area contributed by atoms with E-state index in [1.807, 2.05) is 13.8 Å². The molecule has 0 bridgehead atoms. The Balaban J connectivity index is 2.80. The quantitative estimate of drug-likeness (QED) is 0.770. The summed E-state index contributed by atoms with van der Waals surface area (Å²) < 4.78 is 4.51. The molecule has 1 aromatic rings. The van der Waals surface area contributed by atoms with E-state index in [2.05, 4.69) is 15.4 Å². The molecule has 110 valence electrons. The molecule has 6 nitrogen and oxygen atoms in total. The number of hydrogen-bond donors (Lipinski definition) is 3. The molecular formula is C14H21N3O3. The lowest BCUT2D eigenvalue weighted by atomic mass is 9.86. The van der Waals surface area contributed by atoms with Gasteiger partial charge in [-0.3, -0.25) is 10.1 Å². The van der Waals surface area contributed by atoms with Crippen molar-refractivity contribution in [3.8, 4) is 0 Å². The average molecular weight is 279 g/mol. The van der Waals surface area contributed by atoms with Gasteiger partial charge in [0.1, 0.15) is 0 Å². The lowest BCUT2D eigenvalue weighted by Gasteiger charge is -2.25. The normalized spacial score (nSPS) is 13.2. The van der Waals surface area contributed by atoms with Crippen molar-refractivity contribution in [3.63, 3.8) is 0 Å². The van der Waals surface area contributed by atoms with E-state index in [0.29, 0.717) is 17.8 Å². The number of hydrogen-bond acceptors (Lipinski definition) is 4. The van der Waals surface area contributed by atoms with E-state index in [1.54, 1.807) is 24.3 Å². The van der Waals surface area contributed by atoms with Gasteiger partial charge in [0.15, 0.2) is 0 Å². The van der Waals surface area contributed by atoms with Crippen molar-refractivity contribution in [1.29, 1.82) is 0 Å². The van der Waals surface area contributed by atoms with E-state index >= 15 is 0 Å². The summed E-state index contributed by atoms with van der Waals surface area (Å²) in [5.74, 6) is -0.141. The molecular weight excluding hydrogens is 258 g/mol. The van der Waals surface area contributed by atoms with Crippen LogP contribution in [0.15, 0.2) is 24.3 Å². The summed E-state index contributed by atoms with van der Waals surface area (Å²) >= 11 is 0. The van der Waals surface area contributed by atoms with Gasteiger partial charge >= 0.3 is 6.09 Å². The Morgan fingerprint density at radius 1 is 1.30 bits per heavy atom. The van der Waals surface area contributed by atoms with Gasteiger partial charge in [-0.1, -0.05) is 13.0 Å². The van der Waals surface area contributed by atoms with Crippen LogP contribution >= 0.6 is 0 Å². The summed E-state index contributed by atoms with van der Waals surface area (Å²) in [7, 11) is 1.29. The molecule has 0 radical (unpaired) electrons. The van der Waals surface area contributed by atoms with Crippen molar-refractivity contribution in [3.05, 3.63) is 24.3 Å². The Morgan fingerprint density at radius 2 is 1.90 bits per heavy atom. The Morgan fingerprint density at radius 3 is 2.40 bits per heavy atom. The molecule has 1 atom stereocenters. The molecule has 0 aliphatic heterocycles. The topological polar surface area (TPSA) is 93.5 Å². The Hall–Kier alpha value is -2.08. The summed E-state index contributed by atoms with van der Waals surface area (Å²) in [4.78, 5) is 23.3. The average Bonchev–Trinajstić information content (AvgIpc) is 2.46. The van der Waals surface area contributed by atoms with Crippen LogP contribution in [0.4, 0.5) is 16.2 Å². The van der Waals surface area contributed by atoms with Crippen LogP contribution in [0.5, 0.6) is 0 Å². The van der Waals surface area contributed by atoms with Gasteiger partial charge in [-0.2, -0.15) is 0 Å². The molecule has 1 unspecified atom stereocenters. The van der Waals surface area contributed by atoms with Crippen LogP contribution < -0.4 is 16.4 Å². The molecule has 4 N–H and O–H groups in total. The van der Waals surface area contributed by atoms with Gasteiger partial charge in [-0.05, 0) is 31.5 Å². The third-order valence-corrected chi connectivity index (χ3v) is 3.33. The van der Waals surface area contributed by atoms with E-state index in [9.17, 15) is 9.59 Å². The number of benzene rings is 1. The van der Waals surface area contributed by atoms with E-state index in [1.165, 1.54) is 7.11 Å². The number of rotatable bonds is 5. The third-order valence-electron chi connectivity index (χ3n) is 3.33. The van der Waals surface area contributed by atoms with Gasteiger partial charge in [0.25, 0.3) is 0 Å². The molecule has 0 heterocycles. The van der Waals surface area contributed by atoms with Gasteiger partial charge in [0.2, 0.25) is 5.91 Å². The van der Waals surface area contributed by atoms with Crippen LogP contribution in [-0.2, 0) is 9.53 Å². The number of carbonyl (C=O) groups is 2. The molecule has 6 heteroatoms. The Kier molecular flexibility index (Phi) is 5.52. The molecule has 0 aliphatic carbocycles. The fourth-order valence-corrected chi connectivity index (χ4v) is 1.52. The zero-order valence-electron chi connectivity index (χ0n) is 12.0. The maximum absolute atomic E-state index is 12.2. The second-order valence-corrected chi connectivity index (χ2v) is 4.77. The van der Waals surface area contributed by atoms with E-state index in [-0.39, 0.29) is 12.5 Å². The minimum absolute atomic E-state index is 0.141. The van der Waals surface area contributed by atoms with Gasteiger partial charge in [-0.25, -0.2) is 4.79 Å². The molecule has 1 rings (SSSR count). The predicted octanol–water partition coefficient (Wildman–Crippen LogP) is 2.18. The number of anilines is 2. The van der Waals surface area contributed by atoms with Gasteiger partial charge in [-0.15, -0.1) is 0 Å². The molecule has 0 saturated carbocycles. The van der Waals surface area contributed by atoms with E-state index in [0.717, 1.165) is 0 Å². The first-order chi connectivity index (χ1) is 9.45. The first kappa shape index (κ1) is 16.0. The third kappa shape index (κ3) is 3.96. The monoisotopic (exact) mass is 279 g/mol. The first-order valence-electron chi connectivity index (χ1n) is 6.41. The standard InChI is InChI=1S/C14H21N3O3/c1-4-14(2,9-15)12(18)16-10-6-5-7-11(8-10)17-13(19)20-3/h5-8H,4,9,15H2,1-3H3,(H,16,18)(H,17,19). The van der Waals surface area contributed by atoms with Crippen LogP contribution in [0.25, 0.3) is 0 Å². The lowest BCUT2D eigenvalue weighted by Crippen LogP contribution is -2.39. The predicted molar refractivity (Wildman–Crippen MR) is 78.6 cm³/mol. The van der Waals surface area contributed by atoms with Crippen molar-refractivity contribution in [1.82, 2.24) is 0 Å². The van der Waals surface area contributed by atoms with E-state index < -0.39 is 11.5 Å². The number of nitrogens with one attached hydrogen (secondary N) is 2. The molecule has 0 spiro atoms. The molecule has 20 heavy (non-hydrogen) atoms. The van der Waals surface area contributed by atoms with Crippen molar-refractivity contribution >= 4 is 23.4 Å². The molecule has 0 aliphatic rings. The molecule has 1 aromatic carbocycles. The highest BCUT2D eigenvalue weighted by molar-refractivity contribution is 5.96. The maximum atomic E-state index is 12.2. The SMILES string of the molecule is CCC(C)(CN)C(=O)Nc1cccc(NC(=O)OC)c1. The fraction of sp³-hybridized carbons (Fsp3) is 0.429. The summed E-state index contributed by atoms with van der Waals surface area (Å²) in [5, 5.41) is 5.34. The zero-order chi connectivity index (χ0) is 15.2. The van der Waals surface area contributed by atoms with Crippen LogP contribution in [0.1, 0.15) is 20.3 Å². The Bertz CT molecular complexity index is 484. The van der Waals surface area contributed by atoms with Crippen LogP contribution in [-0.4, -0.2) is 25.7 Å². The number of carbonyl (C=O) groups excluding carboxylic acids is 2. The molecule has 0 saturated heterocycles. The smallest absolute Gasteiger partial charge is 0.411 e. The highest BCUT2D eigenvalue weighted by Gasteiger charge is 2.29. The van der Waals surface area contributed by atoms with Crippen LogP contribution in [0, 0.1) is 5.41 Å². The fourth-order valence-electron chi connectivity index (χ4n) is 1.52. The van der Waals surface area contributed by atoms with Gasteiger partial charge in [0, 0.05) is 17.9 Å². The van der Waals surface area contributed by atoms with Crippen LogP contribution in [0.2, 0.25) is 0 Å². The Labute approximate surface area is 118 Å². The molecule has 2 amide bonds. The lowest BCUT2D eigenvalue weighted by molar-refractivity contribution is -0.124. The second-order valence-electron chi connectivity index (χ2n) is 4.77. The maximum Gasteiger partial charge on any atom is 0.411 e. The number of methoxy groups -OCH3 is 1. The summed E-state index contributed by atoms with van der Waals surface area (Å²) in [6.45, 7) is 4.01. The number of ether oxygens (including phenoxy) is 1. The van der Waals surface area contributed by atoms with Crippen molar-refractivity contribution in [2.75, 3.05) is 24.3 Å². The summed E-state index contributed by atoms with van der Waals surface area (Å²) in [6, 6.07) is 6.83. The van der Waals surface area contributed by atoms with Crippen LogP contribution in [0.3, 0.4) is 0 Å². The first-order valence-corrected chi connectivity index (χ1v) is 6.41. The van der Waals surface area contributed by atoms with E-state index in [4.69, 9.17) is 5.73 Å². The highest BCUT2D eigenvalue weighted by Crippen LogP contribution is 2.23. The number of amides is 2. The second kappa shape index (κ2) is 6.91. The highest BCUT2D eigenvalue weighted by atomic mass is 16.5. The summed E-state index contributed by atoms with van der Waals surface area (Å²) in [6.07, 6.45) is 0.0870. The molecule has 0 fully saturated rings. The number of nitrogens with two attached hydrogens (primary N) is 1. The minimum atomic E-state index is -0.605. The largest absolute Gasteiger partial charge is 0.453 e. The molecule has 0 aromatic heterocycles. The minimum Gasteiger partial charge on any atom is -0.453 e. The van der Waals surface area contributed by atoms with Gasteiger partial charge < -0.3 is 15.8 Å². The van der Waals surface area contributed by atoms with Crippen molar-refractivity contribution in [2.24, 2.45) is 11.1 Å². The summed E-state index contributed by atoms with van der Waals surface area (Å²) in [5.41, 5.74) is 6.18. The zero-order valence-corrected chi connectivity index (χ0v) is 12.0. The van der Waals surface area contributed by atoms with Gasteiger partial charge in [0.05, 0.1) is 12.5 Å².